The molecule has 0 aliphatic heterocycles. The maximum Gasteiger partial charge on any atom is 0.0794 e. The second-order valence-corrected chi connectivity index (χ2v) is 3.88. The molecule has 0 aliphatic rings. The second kappa shape index (κ2) is 4.11. The first-order valence-corrected chi connectivity index (χ1v) is 5.20. The quantitative estimate of drug-likeness (QED) is 0.756. The molecule has 0 amide bonds. The Morgan fingerprint density at radius 3 is 2.93 bits per heavy atom. The molecule has 3 N–H and O–H groups in total. The third-order valence-electron chi connectivity index (χ3n) is 1.90. The third kappa shape index (κ3) is 2.03. The van der Waals surface area contributed by atoms with Crippen molar-refractivity contribution in [3.8, 4) is 0 Å². The Kier molecular flexibility index (Phi) is 2.65. The predicted molar refractivity (Wildman–Crippen MR) is 60.3 cm³/mol. The number of nitrogens with two attached hydrogens (primary N) is 1. The van der Waals surface area contributed by atoms with Crippen molar-refractivity contribution >= 4 is 22.7 Å². The zero-order valence-corrected chi connectivity index (χ0v) is 8.42. The van der Waals surface area contributed by atoms with Crippen LogP contribution < -0.4 is 11.1 Å². The summed E-state index contributed by atoms with van der Waals surface area (Å²) >= 11 is 1.63. The highest BCUT2D eigenvalue weighted by atomic mass is 32.1. The highest BCUT2D eigenvalue weighted by Gasteiger charge is 1.97. The fraction of sp³-hybridized carbons (Fsp3) is 0.100. The van der Waals surface area contributed by atoms with Crippen molar-refractivity contribution in [3.05, 3.63) is 40.8 Å². The molecule has 0 aliphatic carbocycles. The molecule has 4 heteroatoms. The zero-order valence-electron chi connectivity index (χ0n) is 7.60. The van der Waals surface area contributed by atoms with E-state index < -0.39 is 0 Å². The van der Waals surface area contributed by atoms with Crippen LogP contribution in [0.2, 0.25) is 0 Å². The van der Waals surface area contributed by atoms with E-state index >= 15 is 0 Å². The number of hydrogen-bond donors (Lipinski definition) is 2. The Morgan fingerprint density at radius 2 is 2.21 bits per heavy atom. The van der Waals surface area contributed by atoms with Gasteiger partial charge in [0.15, 0.2) is 0 Å². The van der Waals surface area contributed by atoms with Gasteiger partial charge in [0.1, 0.15) is 0 Å². The first kappa shape index (κ1) is 9.02. The lowest BCUT2D eigenvalue weighted by Gasteiger charge is -2.06. The number of thiazole rings is 1. The number of nitrogen functional groups attached to an aromatic ring is 1. The van der Waals surface area contributed by atoms with Crippen molar-refractivity contribution in [2.75, 3.05) is 11.1 Å². The Hall–Kier alpha value is -1.55. The monoisotopic (exact) mass is 205 g/mol. The first-order valence-electron chi connectivity index (χ1n) is 4.32. The number of aromatic nitrogens is 1. The summed E-state index contributed by atoms with van der Waals surface area (Å²) in [6.45, 7) is 0.777. The molecule has 0 saturated heterocycles. The summed E-state index contributed by atoms with van der Waals surface area (Å²) < 4.78 is 0. The maximum atomic E-state index is 5.79. The standard InChI is InChI=1S/C10H11N3S/c11-9-3-1-2-4-10(9)13-6-8-5-12-7-14-8/h1-5,7,13H,6,11H2. The van der Waals surface area contributed by atoms with Gasteiger partial charge in [-0.2, -0.15) is 0 Å². The van der Waals surface area contributed by atoms with Crippen LogP contribution >= 0.6 is 11.3 Å². The average Bonchev–Trinajstić information content (AvgIpc) is 2.69. The molecule has 2 rings (SSSR count). The highest BCUT2D eigenvalue weighted by Crippen LogP contribution is 2.18. The molecule has 0 atom stereocenters. The van der Waals surface area contributed by atoms with Crippen LogP contribution in [0.4, 0.5) is 11.4 Å². The largest absolute Gasteiger partial charge is 0.397 e. The van der Waals surface area contributed by atoms with Crippen LogP contribution in [0.1, 0.15) is 4.88 Å². The van der Waals surface area contributed by atoms with Gasteiger partial charge in [0, 0.05) is 11.1 Å². The lowest BCUT2D eigenvalue weighted by molar-refractivity contribution is 1.18. The van der Waals surface area contributed by atoms with Crippen molar-refractivity contribution in [2.24, 2.45) is 0 Å². The first-order chi connectivity index (χ1) is 6.86. The lowest BCUT2D eigenvalue weighted by atomic mass is 10.2. The topological polar surface area (TPSA) is 50.9 Å². The molecular formula is C10H11N3S. The van der Waals surface area contributed by atoms with E-state index in [1.807, 2.05) is 36.0 Å². The van der Waals surface area contributed by atoms with Gasteiger partial charge in [-0.05, 0) is 12.1 Å². The van der Waals surface area contributed by atoms with E-state index in [1.54, 1.807) is 11.3 Å². The van der Waals surface area contributed by atoms with E-state index in [2.05, 4.69) is 10.3 Å². The number of benzene rings is 1. The van der Waals surface area contributed by atoms with Crippen molar-refractivity contribution in [3.63, 3.8) is 0 Å². The highest BCUT2D eigenvalue weighted by molar-refractivity contribution is 7.09. The molecule has 0 radical (unpaired) electrons. The van der Waals surface area contributed by atoms with E-state index in [4.69, 9.17) is 5.73 Å². The maximum absolute atomic E-state index is 5.79. The van der Waals surface area contributed by atoms with Gasteiger partial charge in [0.2, 0.25) is 0 Å². The summed E-state index contributed by atoms with van der Waals surface area (Å²) in [5.74, 6) is 0. The van der Waals surface area contributed by atoms with E-state index in [-0.39, 0.29) is 0 Å². The van der Waals surface area contributed by atoms with Crippen molar-refractivity contribution in [1.29, 1.82) is 0 Å². The number of rotatable bonds is 3. The summed E-state index contributed by atoms with van der Waals surface area (Å²) in [6, 6.07) is 7.74. The Labute approximate surface area is 86.6 Å². The molecule has 2 aromatic rings. The van der Waals surface area contributed by atoms with Crippen molar-refractivity contribution in [1.82, 2.24) is 4.98 Å². The van der Waals surface area contributed by atoms with Crippen LogP contribution in [0.5, 0.6) is 0 Å². The molecule has 1 aromatic carbocycles. The van der Waals surface area contributed by atoms with Gasteiger partial charge >= 0.3 is 0 Å². The molecule has 1 aromatic heterocycles. The van der Waals surface area contributed by atoms with E-state index in [9.17, 15) is 0 Å². The van der Waals surface area contributed by atoms with Gasteiger partial charge in [-0.25, -0.2) is 0 Å². The van der Waals surface area contributed by atoms with E-state index in [0.717, 1.165) is 17.9 Å². The van der Waals surface area contributed by atoms with Crippen LogP contribution in [-0.2, 0) is 6.54 Å². The van der Waals surface area contributed by atoms with Gasteiger partial charge in [0.25, 0.3) is 0 Å². The molecule has 3 nitrogen and oxygen atoms in total. The van der Waals surface area contributed by atoms with Crippen molar-refractivity contribution < 1.29 is 0 Å². The van der Waals surface area contributed by atoms with Gasteiger partial charge in [-0.3, -0.25) is 4.98 Å². The Morgan fingerprint density at radius 1 is 1.36 bits per heavy atom. The molecule has 1 heterocycles. The smallest absolute Gasteiger partial charge is 0.0794 e. The third-order valence-corrected chi connectivity index (χ3v) is 2.68. The SMILES string of the molecule is Nc1ccccc1NCc1cncs1. The summed E-state index contributed by atoms with van der Waals surface area (Å²) in [5.41, 5.74) is 9.36. The Bertz CT molecular complexity index is 398. The number of anilines is 2. The number of para-hydroxylation sites is 2. The summed E-state index contributed by atoms with van der Waals surface area (Å²) in [7, 11) is 0. The van der Waals surface area contributed by atoms with Gasteiger partial charge in [-0.1, -0.05) is 12.1 Å². The fourth-order valence-corrected chi connectivity index (χ4v) is 1.70. The molecule has 0 fully saturated rings. The second-order valence-electron chi connectivity index (χ2n) is 2.91. The summed E-state index contributed by atoms with van der Waals surface area (Å²) in [5, 5.41) is 3.26. The molecule has 0 bridgehead atoms. The van der Waals surface area contributed by atoms with Gasteiger partial charge in [0.05, 0.1) is 23.4 Å². The molecule has 0 saturated carbocycles. The van der Waals surface area contributed by atoms with Gasteiger partial charge in [-0.15, -0.1) is 11.3 Å². The molecule has 0 spiro atoms. The van der Waals surface area contributed by atoms with Crippen molar-refractivity contribution in [2.45, 2.75) is 6.54 Å². The van der Waals surface area contributed by atoms with Crippen LogP contribution in [-0.4, -0.2) is 4.98 Å². The minimum Gasteiger partial charge on any atom is -0.397 e. The predicted octanol–water partition coefficient (Wildman–Crippen LogP) is 2.34. The zero-order chi connectivity index (χ0) is 9.80. The van der Waals surface area contributed by atoms with E-state index in [0.29, 0.717) is 0 Å². The van der Waals surface area contributed by atoms with Crippen LogP contribution in [0, 0.1) is 0 Å². The minimum absolute atomic E-state index is 0.775. The van der Waals surface area contributed by atoms with Crippen LogP contribution in [0.15, 0.2) is 36.0 Å². The summed E-state index contributed by atoms with van der Waals surface area (Å²) in [4.78, 5) is 5.21. The summed E-state index contributed by atoms with van der Waals surface area (Å²) in [6.07, 6.45) is 1.86. The molecule has 0 unspecified atom stereocenters. The lowest BCUT2D eigenvalue weighted by Crippen LogP contribution is -2.00. The minimum atomic E-state index is 0.775. The van der Waals surface area contributed by atoms with Crippen LogP contribution in [0.3, 0.4) is 0 Å². The molecule has 72 valence electrons. The number of nitrogens with one attached hydrogen (secondary N) is 1. The van der Waals surface area contributed by atoms with E-state index in [1.165, 1.54) is 4.88 Å². The normalized spacial score (nSPS) is 10.0. The Balaban J connectivity index is 2.02. The number of hydrogen-bond acceptors (Lipinski definition) is 4. The fourth-order valence-electron chi connectivity index (χ4n) is 1.17. The molecular weight excluding hydrogens is 194 g/mol. The van der Waals surface area contributed by atoms with Crippen LogP contribution in [0.25, 0.3) is 0 Å². The van der Waals surface area contributed by atoms with Gasteiger partial charge < -0.3 is 11.1 Å². The number of nitrogens with zero attached hydrogens (tertiary/aromatic N) is 1. The average molecular weight is 205 g/mol. The molecule has 14 heavy (non-hydrogen) atoms.